The lowest BCUT2D eigenvalue weighted by atomic mass is 10.2. The number of hydrogen-bond acceptors (Lipinski definition) is 3. The average molecular weight is 302 g/mol. The van der Waals surface area contributed by atoms with E-state index in [0.717, 1.165) is 18.0 Å². The molecule has 8 heteroatoms. The van der Waals surface area contributed by atoms with Gasteiger partial charge in [0.15, 0.2) is 5.69 Å². The van der Waals surface area contributed by atoms with E-state index < -0.39 is 29.2 Å². The average Bonchev–Trinajstić information content (AvgIpc) is 2.84. The molecule has 0 N–H and O–H groups in total. The molecular weight excluding hydrogens is 292 g/mol. The van der Waals surface area contributed by atoms with Crippen LogP contribution in [0.1, 0.15) is 21.6 Å². The van der Waals surface area contributed by atoms with Gasteiger partial charge < -0.3 is 4.74 Å². The first kappa shape index (κ1) is 15.0. The van der Waals surface area contributed by atoms with Crippen molar-refractivity contribution in [2.75, 3.05) is 7.11 Å². The maximum absolute atomic E-state index is 13.5. The van der Waals surface area contributed by atoms with Crippen LogP contribution >= 0.6 is 0 Å². The molecule has 0 atom stereocenters. The Balaban J connectivity index is 2.40. The molecule has 1 aromatic heterocycles. The van der Waals surface area contributed by atoms with Gasteiger partial charge in [-0.1, -0.05) is 18.2 Å². The van der Waals surface area contributed by atoms with E-state index in [4.69, 9.17) is 0 Å². The Morgan fingerprint density at radius 1 is 1.33 bits per heavy atom. The van der Waals surface area contributed by atoms with Gasteiger partial charge in [0.05, 0.1) is 13.7 Å². The van der Waals surface area contributed by atoms with E-state index in [2.05, 4.69) is 9.84 Å². The highest BCUT2D eigenvalue weighted by Crippen LogP contribution is 2.31. The van der Waals surface area contributed by atoms with Crippen LogP contribution in [0.4, 0.5) is 17.6 Å². The van der Waals surface area contributed by atoms with Crippen LogP contribution in [0.3, 0.4) is 0 Å². The Bertz CT molecular complexity index is 664. The number of alkyl halides is 3. The summed E-state index contributed by atoms with van der Waals surface area (Å²) >= 11 is 0. The van der Waals surface area contributed by atoms with E-state index in [9.17, 15) is 22.4 Å². The van der Waals surface area contributed by atoms with Crippen molar-refractivity contribution in [2.24, 2.45) is 0 Å². The second-order valence-electron chi connectivity index (χ2n) is 4.17. The molecule has 0 bridgehead atoms. The number of benzene rings is 1. The summed E-state index contributed by atoms with van der Waals surface area (Å²) in [5.41, 5.74) is -1.91. The van der Waals surface area contributed by atoms with Crippen molar-refractivity contribution in [3.63, 3.8) is 0 Å². The molecule has 0 aliphatic heterocycles. The van der Waals surface area contributed by atoms with Crippen LogP contribution in [0.5, 0.6) is 0 Å². The zero-order chi connectivity index (χ0) is 15.6. The number of nitrogens with zero attached hydrogens (tertiary/aromatic N) is 2. The molecule has 0 aliphatic carbocycles. The molecule has 2 rings (SSSR count). The van der Waals surface area contributed by atoms with Gasteiger partial charge in [-0.25, -0.2) is 9.18 Å². The Morgan fingerprint density at radius 3 is 2.57 bits per heavy atom. The highest BCUT2D eigenvalue weighted by Gasteiger charge is 2.39. The molecule has 1 heterocycles. The van der Waals surface area contributed by atoms with Crippen molar-refractivity contribution in [1.29, 1.82) is 0 Å². The molecule has 0 radical (unpaired) electrons. The molecule has 21 heavy (non-hydrogen) atoms. The lowest BCUT2D eigenvalue weighted by Crippen LogP contribution is -2.13. The number of methoxy groups -OCH3 is 1. The van der Waals surface area contributed by atoms with Gasteiger partial charge in [0.25, 0.3) is 0 Å². The van der Waals surface area contributed by atoms with Gasteiger partial charge in [-0.2, -0.15) is 18.3 Å². The molecule has 0 spiro atoms. The van der Waals surface area contributed by atoms with E-state index >= 15 is 0 Å². The monoisotopic (exact) mass is 302 g/mol. The minimum Gasteiger partial charge on any atom is -0.465 e. The second-order valence-corrected chi connectivity index (χ2v) is 4.17. The zero-order valence-electron chi connectivity index (χ0n) is 10.8. The lowest BCUT2D eigenvalue weighted by Gasteiger charge is -2.04. The highest BCUT2D eigenvalue weighted by atomic mass is 19.4. The molecule has 0 saturated heterocycles. The van der Waals surface area contributed by atoms with Gasteiger partial charge in [0.1, 0.15) is 11.4 Å². The van der Waals surface area contributed by atoms with Crippen molar-refractivity contribution in [3.05, 3.63) is 53.1 Å². The SMILES string of the molecule is COC(=O)c1cn(Cc2ccccc2F)nc1C(F)(F)F. The Morgan fingerprint density at radius 2 is 2.00 bits per heavy atom. The summed E-state index contributed by atoms with van der Waals surface area (Å²) in [6, 6.07) is 5.61. The molecule has 0 aliphatic rings. The van der Waals surface area contributed by atoms with E-state index in [1.165, 1.54) is 18.2 Å². The fourth-order valence-corrected chi connectivity index (χ4v) is 1.77. The summed E-state index contributed by atoms with van der Waals surface area (Å²) in [6.45, 7) is -0.229. The summed E-state index contributed by atoms with van der Waals surface area (Å²) in [5.74, 6) is -1.72. The predicted octanol–water partition coefficient (Wildman–Crippen LogP) is 2.88. The van der Waals surface area contributed by atoms with Gasteiger partial charge in [-0.05, 0) is 6.07 Å². The van der Waals surface area contributed by atoms with Crippen molar-refractivity contribution in [3.8, 4) is 0 Å². The Hall–Kier alpha value is -2.38. The largest absolute Gasteiger partial charge is 0.465 e. The van der Waals surface area contributed by atoms with Crippen LogP contribution in [0.15, 0.2) is 30.5 Å². The lowest BCUT2D eigenvalue weighted by molar-refractivity contribution is -0.142. The standard InChI is InChI=1S/C13H10F4N2O2/c1-21-12(20)9-7-19(18-11(9)13(15,16)17)6-8-4-2-3-5-10(8)14/h2-5,7H,6H2,1H3. The van der Waals surface area contributed by atoms with E-state index in [-0.39, 0.29) is 12.1 Å². The van der Waals surface area contributed by atoms with E-state index in [0.29, 0.717) is 0 Å². The number of esters is 1. The maximum atomic E-state index is 13.5. The summed E-state index contributed by atoms with van der Waals surface area (Å²) in [6.07, 6.45) is -3.91. The first-order valence-corrected chi connectivity index (χ1v) is 5.79. The first-order valence-electron chi connectivity index (χ1n) is 5.79. The van der Waals surface area contributed by atoms with Crippen molar-refractivity contribution in [1.82, 2.24) is 9.78 Å². The van der Waals surface area contributed by atoms with Crippen LogP contribution < -0.4 is 0 Å². The van der Waals surface area contributed by atoms with Crippen LogP contribution in [0, 0.1) is 5.82 Å². The number of aromatic nitrogens is 2. The summed E-state index contributed by atoms with van der Waals surface area (Å²) in [5, 5.41) is 3.31. The second kappa shape index (κ2) is 5.55. The van der Waals surface area contributed by atoms with Crippen molar-refractivity contribution in [2.45, 2.75) is 12.7 Å². The first-order chi connectivity index (χ1) is 9.82. The number of carbonyl (C=O) groups is 1. The van der Waals surface area contributed by atoms with Crippen molar-refractivity contribution >= 4 is 5.97 Å². The molecule has 0 saturated carbocycles. The summed E-state index contributed by atoms with van der Waals surface area (Å²) in [7, 11) is 0.969. The normalized spacial score (nSPS) is 11.5. The third-order valence-corrected chi connectivity index (χ3v) is 2.73. The van der Waals surface area contributed by atoms with Gasteiger partial charge in [0.2, 0.25) is 0 Å². The number of rotatable bonds is 3. The Labute approximate surface area is 116 Å². The zero-order valence-corrected chi connectivity index (χ0v) is 10.8. The molecule has 112 valence electrons. The maximum Gasteiger partial charge on any atom is 0.436 e. The summed E-state index contributed by atoms with van der Waals surface area (Å²) in [4.78, 5) is 11.4. The number of hydrogen-bond donors (Lipinski definition) is 0. The smallest absolute Gasteiger partial charge is 0.436 e. The van der Waals surface area contributed by atoms with Crippen LogP contribution in [0.2, 0.25) is 0 Å². The third-order valence-electron chi connectivity index (χ3n) is 2.73. The van der Waals surface area contributed by atoms with Crippen LogP contribution in [0.25, 0.3) is 0 Å². The molecule has 4 nitrogen and oxygen atoms in total. The molecule has 0 unspecified atom stereocenters. The summed E-state index contributed by atoms with van der Waals surface area (Å²) < 4.78 is 57.1. The molecular formula is C13H10F4N2O2. The van der Waals surface area contributed by atoms with Gasteiger partial charge >= 0.3 is 12.1 Å². The molecule has 2 aromatic rings. The van der Waals surface area contributed by atoms with Crippen LogP contribution in [-0.2, 0) is 17.5 Å². The number of ether oxygens (including phenoxy) is 1. The predicted molar refractivity (Wildman–Crippen MR) is 64.1 cm³/mol. The van der Waals surface area contributed by atoms with Gasteiger partial charge in [0, 0.05) is 11.8 Å². The van der Waals surface area contributed by atoms with Crippen molar-refractivity contribution < 1.29 is 27.1 Å². The third kappa shape index (κ3) is 3.21. The van der Waals surface area contributed by atoms with E-state index in [1.807, 2.05) is 0 Å². The minimum atomic E-state index is -4.80. The molecule has 0 amide bonds. The molecule has 0 fully saturated rings. The molecule has 1 aromatic carbocycles. The topological polar surface area (TPSA) is 44.1 Å². The number of carbonyl (C=O) groups excluding carboxylic acids is 1. The number of halogens is 4. The quantitative estimate of drug-likeness (QED) is 0.647. The Kier molecular flexibility index (Phi) is 3.97. The fourth-order valence-electron chi connectivity index (χ4n) is 1.77. The van der Waals surface area contributed by atoms with Gasteiger partial charge in [-0.15, -0.1) is 0 Å². The minimum absolute atomic E-state index is 0.158. The fraction of sp³-hybridized carbons (Fsp3) is 0.231. The van der Waals surface area contributed by atoms with Gasteiger partial charge in [-0.3, -0.25) is 4.68 Å². The van der Waals surface area contributed by atoms with Crippen LogP contribution in [-0.4, -0.2) is 22.9 Å². The van der Waals surface area contributed by atoms with E-state index in [1.54, 1.807) is 6.07 Å². The highest BCUT2D eigenvalue weighted by molar-refractivity contribution is 5.90.